The maximum atomic E-state index is 11.8. The van der Waals surface area contributed by atoms with Crippen molar-refractivity contribution in [3.8, 4) is 0 Å². The van der Waals surface area contributed by atoms with Crippen LogP contribution in [0, 0.1) is 0 Å². The van der Waals surface area contributed by atoms with Crippen LogP contribution in [0.25, 0.3) is 0 Å². The van der Waals surface area contributed by atoms with Crippen molar-refractivity contribution in [1.82, 2.24) is 10.2 Å². The van der Waals surface area contributed by atoms with Gasteiger partial charge in [0, 0.05) is 24.4 Å². The number of hydrogen-bond donors (Lipinski definition) is 1. The lowest BCUT2D eigenvalue weighted by molar-refractivity contribution is -0.130. The van der Waals surface area contributed by atoms with Crippen LogP contribution in [0.3, 0.4) is 0 Å². The molecule has 0 radical (unpaired) electrons. The molecule has 1 amide bonds. The van der Waals surface area contributed by atoms with Crippen LogP contribution in [-0.4, -0.2) is 48.0 Å². The molecule has 0 bridgehead atoms. The zero-order valence-electron chi connectivity index (χ0n) is 10.8. The number of rotatable bonds is 5. The summed E-state index contributed by atoms with van der Waals surface area (Å²) < 4.78 is 0. The molecule has 2 atom stereocenters. The fourth-order valence-corrected chi connectivity index (χ4v) is 2.78. The van der Waals surface area contributed by atoms with Gasteiger partial charge in [-0.1, -0.05) is 0 Å². The molecular weight excluding hydrogens is 220 g/mol. The van der Waals surface area contributed by atoms with Gasteiger partial charge in [-0.25, -0.2) is 0 Å². The van der Waals surface area contributed by atoms with Gasteiger partial charge < -0.3 is 10.2 Å². The number of nitrogens with zero attached hydrogens (tertiary/aromatic N) is 1. The van der Waals surface area contributed by atoms with Crippen LogP contribution >= 0.6 is 11.8 Å². The zero-order valence-corrected chi connectivity index (χ0v) is 11.6. The first-order valence-corrected chi connectivity index (χ1v) is 7.35. The van der Waals surface area contributed by atoms with E-state index in [4.69, 9.17) is 0 Å². The Bertz CT molecular complexity index is 233. The van der Waals surface area contributed by atoms with E-state index in [2.05, 4.69) is 11.6 Å². The molecule has 1 fully saturated rings. The summed E-state index contributed by atoms with van der Waals surface area (Å²) in [6.45, 7) is 4.56. The Morgan fingerprint density at radius 1 is 1.50 bits per heavy atom. The number of nitrogens with one attached hydrogen (secondary N) is 1. The van der Waals surface area contributed by atoms with E-state index in [0.29, 0.717) is 12.6 Å². The average molecular weight is 244 g/mol. The van der Waals surface area contributed by atoms with E-state index in [1.54, 1.807) is 4.90 Å². The molecule has 1 rings (SSSR count). The molecule has 1 saturated carbocycles. The van der Waals surface area contributed by atoms with Gasteiger partial charge in [0.05, 0.1) is 6.54 Å². The predicted molar refractivity (Wildman–Crippen MR) is 70.9 cm³/mol. The summed E-state index contributed by atoms with van der Waals surface area (Å²) in [6, 6.07) is 0.832. The van der Waals surface area contributed by atoms with Crippen LogP contribution < -0.4 is 5.32 Å². The molecule has 3 nitrogen and oxygen atoms in total. The Balaban J connectivity index is 2.22. The summed E-state index contributed by atoms with van der Waals surface area (Å²) in [7, 11) is 1.87. The minimum Gasteiger partial charge on any atom is -0.342 e. The maximum absolute atomic E-state index is 11.8. The van der Waals surface area contributed by atoms with E-state index in [0.717, 1.165) is 5.25 Å². The lowest BCUT2D eigenvalue weighted by Crippen LogP contribution is -2.42. The Labute approximate surface area is 103 Å². The number of likely N-dealkylation sites (N-methyl/N-ethyl adjacent to an activating group) is 1. The fourth-order valence-electron chi connectivity index (χ4n) is 1.98. The molecule has 0 heterocycles. The Morgan fingerprint density at radius 3 is 2.69 bits per heavy atom. The van der Waals surface area contributed by atoms with Gasteiger partial charge in [0.2, 0.25) is 5.91 Å². The molecule has 0 aromatic heterocycles. The first kappa shape index (κ1) is 13.8. The number of carbonyl (C=O) groups is 1. The monoisotopic (exact) mass is 244 g/mol. The number of thioether (sulfide) groups is 1. The SMILES string of the molecule is CSC1CCC(NCC(=O)N(C)C(C)C)C1. The van der Waals surface area contributed by atoms with Gasteiger partial charge in [0.25, 0.3) is 0 Å². The van der Waals surface area contributed by atoms with Crippen molar-refractivity contribution in [1.29, 1.82) is 0 Å². The Morgan fingerprint density at radius 2 is 2.19 bits per heavy atom. The number of amides is 1. The van der Waals surface area contributed by atoms with E-state index in [-0.39, 0.29) is 11.9 Å². The normalized spacial score (nSPS) is 25.1. The highest BCUT2D eigenvalue weighted by Crippen LogP contribution is 2.27. The lowest BCUT2D eigenvalue weighted by Gasteiger charge is -2.22. The quantitative estimate of drug-likeness (QED) is 0.799. The van der Waals surface area contributed by atoms with Crippen LogP contribution in [-0.2, 0) is 4.79 Å². The highest BCUT2D eigenvalue weighted by atomic mass is 32.2. The first-order chi connectivity index (χ1) is 7.54. The average Bonchev–Trinajstić information content (AvgIpc) is 2.72. The Kier molecular flexibility index (Phi) is 5.62. The van der Waals surface area contributed by atoms with Crippen LogP contribution in [0.5, 0.6) is 0 Å². The van der Waals surface area contributed by atoms with E-state index in [9.17, 15) is 4.79 Å². The summed E-state index contributed by atoms with van der Waals surface area (Å²) in [6.07, 6.45) is 5.88. The number of hydrogen-bond acceptors (Lipinski definition) is 3. The van der Waals surface area contributed by atoms with Crippen molar-refractivity contribution in [2.45, 2.75) is 50.4 Å². The smallest absolute Gasteiger partial charge is 0.236 e. The van der Waals surface area contributed by atoms with Crippen LogP contribution in [0.15, 0.2) is 0 Å². The highest BCUT2D eigenvalue weighted by molar-refractivity contribution is 7.99. The van der Waals surface area contributed by atoms with E-state index in [1.807, 2.05) is 32.7 Å². The molecule has 0 aromatic carbocycles. The Hall–Kier alpha value is -0.220. The van der Waals surface area contributed by atoms with Crippen LogP contribution in [0.2, 0.25) is 0 Å². The molecule has 1 aliphatic carbocycles. The lowest BCUT2D eigenvalue weighted by atomic mass is 10.2. The van der Waals surface area contributed by atoms with Gasteiger partial charge in [-0.15, -0.1) is 0 Å². The van der Waals surface area contributed by atoms with Gasteiger partial charge in [-0.3, -0.25) is 4.79 Å². The number of carbonyl (C=O) groups excluding carboxylic acids is 1. The van der Waals surface area contributed by atoms with Gasteiger partial charge in [0.15, 0.2) is 0 Å². The molecule has 0 saturated heterocycles. The van der Waals surface area contributed by atoms with Crippen molar-refractivity contribution >= 4 is 17.7 Å². The summed E-state index contributed by atoms with van der Waals surface area (Å²) in [5, 5.41) is 4.16. The largest absolute Gasteiger partial charge is 0.342 e. The first-order valence-electron chi connectivity index (χ1n) is 6.06. The second kappa shape index (κ2) is 6.50. The molecule has 2 unspecified atom stereocenters. The molecule has 1 aliphatic rings. The molecule has 0 aliphatic heterocycles. The summed E-state index contributed by atoms with van der Waals surface area (Å²) >= 11 is 1.95. The second-order valence-electron chi connectivity index (χ2n) is 4.85. The maximum Gasteiger partial charge on any atom is 0.236 e. The standard InChI is InChI=1S/C12H24N2OS/c1-9(2)14(3)12(15)8-13-10-5-6-11(7-10)16-4/h9-11,13H,5-8H2,1-4H3. The molecule has 4 heteroatoms. The predicted octanol–water partition coefficient (Wildman–Crippen LogP) is 1.73. The van der Waals surface area contributed by atoms with E-state index in [1.165, 1.54) is 19.3 Å². The van der Waals surface area contributed by atoms with Crippen molar-refractivity contribution in [3.63, 3.8) is 0 Å². The van der Waals surface area contributed by atoms with Crippen molar-refractivity contribution in [2.24, 2.45) is 0 Å². The van der Waals surface area contributed by atoms with Gasteiger partial charge in [-0.05, 0) is 39.4 Å². The molecule has 1 N–H and O–H groups in total. The fraction of sp³-hybridized carbons (Fsp3) is 0.917. The molecule has 94 valence electrons. The molecule has 16 heavy (non-hydrogen) atoms. The minimum atomic E-state index is 0.197. The zero-order chi connectivity index (χ0) is 12.1. The van der Waals surface area contributed by atoms with Crippen molar-refractivity contribution in [2.75, 3.05) is 19.8 Å². The topological polar surface area (TPSA) is 32.3 Å². The minimum absolute atomic E-state index is 0.197. The van der Waals surface area contributed by atoms with Crippen molar-refractivity contribution in [3.05, 3.63) is 0 Å². The summed E-state index contributed by atoms with van der Waals surface area (Å²) in [5.41, 5.74) is 0. The molecule has 0 spiro atoms. The molecule has 0 aromatic rings. The van der Waals surface area contributed by atoms with Gasteiger partial charge in [0.1, 0.15) is 0 Å². The third-order valence-electron chi connectivity index (χ3n) is 3.43. The van der Waals surface area contributed by atoms with E-state index < -0.39 is 0 Å². The van der Waals surface area contributed by atoms with Gasteiger partial charge >= 0.3 is 0 Å². The highest BCUT2D eigenvalue weighted by Gasteiger charge is 2.24. The van der Waals surface area contributed by atoms with Gasteiger partial charge in [-0.2, -0.15) is 11.8 Å². The second-order valence-corrected chi connectivity index (χ2v) is 5.99. The summed E-state index contributed by atoms with van der Waals surface area (Å²) in [5.74, 6) is 0.197. The third kappa shape index (κ3) is 3.98. The molecular formula is C12H24N2OS. The van der Waals surface area contributed by atoms with E-state index >= 15 is 0 Å². The van der Waals surface area contributed by atoms with Crippen LogP contribution in [0.1, 0.15) is 33.1 Å². The summed E-state index contributed by atoms with van der Waals surface area (Å²) in [4.78, 5) is 13.6. The third-order valence-corrected chi connectivity index (χ3v) is 4.52. The van der Waals surface area contributed by atoms with Crippen molar-refractivity contribution < 1.29 is 4.79 Å². The van der Waals surface area contributed by atoms with Crippen LogP contribution in [0.4, 0.5) is 0 Å².